The Morgan fingerprint density at radius 2 is 1.59 bits per heavy atom. The molecule has 0 fully saturated rings. The molecule has 2 rings (SSSR count). The number of hydrogen-bond acceptors (Lipinski definition) is 5. The molecule has 0 amide bonds. The van der Waals surface area contributed by atoms with E-state index in [4.69, 9.17) is 0 Å². The zero-order chi connectivity index (χ0) is 16.1. The number of phenolic OH excluding ortho intramolecular Hbond substituents is 3. The predicted molar refractivity (Wildman–Crippen MR) is 82.7 cm³/mol. The number of phenols is 3. The first-order chi connectivity index (χ1) is 10.5. The first-order valence-corrected chi connectivity index (χ1v) is 6.79. The third-order valence-electron chi connectivity index (χ3n) is 3.38. The van der Waals surface area contributed by atoms with E-state index < -0.39 is 18.6 Å². The molecule has 0 radical (unpaired) electrons. The lowest BCUT2D eigenvalue weighted by atomic mass is 9.92. The smallest absolute Gasteiger partial charge is 0.157 e. The van der Waals surface area contributed by atoms with Crippen molar-refractivity contribution in [2.24, 2.45) is 0 Å². The van der Waals surface area contributed by atoms with Crippen molar-refractivity contribution in [1.82, 2.24) is 0 Å². The molecule has 0 aliphatic carbocycles. The molecule has 0 aliphatic rings. The summed E-state index contributed by atoms with van der Waals surface area (Å²) in [6, 6.07) is 10.8. The van der Waals surface area contributed by atoms with Gasteiger partial charge in [-0.15, -0.1) is 0 Å². The molecule has 0 aromatic heterocycles. The second-order valence-electron chi connectivity index (χ2n) is 4.97. The van der Waals surface area contributed by atoms with E-state index in [1.807, 2.05) is 0 Å². The van der Waals surface area contributed by atoms with Gasteiger partial charge in [-0.2, -0.15) is 0 Å². The maximum Gasteiger partial charge on any atom is 0.157 e. The molecule has 2 atom stereocenters. The molecule has 116 valence electrons. The Balaban J connectivity index is 2.29. The van der Waals surface area contributed by atoms with Crippen molar-refractivity contribution in [3.63, 3.8) is 0 Å². The zero-order valence-electron chi connectivity index (χ0n) is 11.8. The molecule has 2 aromatic rings. The van der Waals surface area contributed by atoms with Gasteiger partial charge in [0, 0.05) is 5.92 Å². The van der Waals surface area contributed by atoms with Crippen LogP contribution >= 0.6 is 0 Å². The highest BCUT2D eigenvalue weighted by Gasteiger charge is 2.19. The number of aliphatic hydroxyl groups is 2. The Morgan fingerprint density at radius 3 is 2.18 bits per heavy atom. The van der Waals surface area contributed by atoms with Gasteiger partial charge in [-0.3, -0.25) is 0 Å². The summed E-state index contributed by atoms with van der Waals surface area (Å²) in [7, 11) is 0. The van der Waals surface area contributed by atoms with Crippen LogP contribution in [0.4, 0.5) is 0 Å². The molecule has 22 heavy (non-hydrogen) atoms. The third-order valence-corrected chi connectivity index (χ3v) is 3.38. The number of aromatic hydroxyl groups is 3. The van der Waals surface area contributed by atoms with Gasteiger partial charge >= 0.3 is 0 Å². The number of hydrogen-bond donors (Lipinski definition) is 5. The van der Waals surface area contributed by atoms with Gasteiger partial charge in [0.15, 0.2) is 11.5 Å². The fourth-order valence-electron chi connectivity index (χ4n) is 2.12. The number of aliphatic hydroxyl groups excluding tert-OH is 2. The van der Waals surface area contributed by atoms with E-state index in [-0.39, 0.29) is 17.2 Å². The Morgan fingerprint density at radius 1 is 0.909 bits per heavy atom. The van der Waals surface area contributed by atoms with Crippen LogP contribution in [0.15, 0.2) is 48.5 Å². The molecule has 0 aliphatic heterocycles. The summed E-state index contributed by atoms with van der Waals surface area (Å²) in [5.41, 5.74) is 1.38. The highest BCUT2D eigenvalue weighted by atomic mass is 16.3. The van der Waals surface area contributed by atoms with Gasteiger partial charge in [-0.1, -0.05) is 30.4 Å². The van der Waals surface area contributed by atoms with Crippen LogP contribution in [0.3, 0.4) is 0 Å². The average molecular weight is 302 g/mol. The summed E-state index contributed by atoms with van der Waals surface area (Å²) >= 11 is 0. The van der Waals surface area contributed by atoms with Crippen LogP contribution in [0, 0.1) is 0 Å². The topological polar surface area (TPSA) is 101 Å². The lowest BCUT2D eigenvalue weighted by Gasteiger charge is -2.19. The second kappa shape index (κ2) is 6.98. The largest absolute Gasteiger partial charge is 0.508 e. The Hall–Kier alpha value is -2.50. The van der Waals surface area contributed by atoms with Crippen molar-refractivity contribution in [2.45, 2.75) is 12.0 Å². The van der Waals surface area contributed by atoms with Crippen molar-refractivity contribution < 1.29 is 25.5 Å². The molecule has 5 nitrogen and oxygen atoms in total. The molecule has 0 saturated heterocycles. The van der Waals surface area contributed by atoms with Crippen LogP contribution in [-0.4, -0.2) is 38.2 Å². The lowest BCUT2D eigenvalue weighted by molar-refractivity contribution is 0.0842. The van der Waals surface area contributed by atoms with Crippen LogP contribution in [0.2, 0.25) is 0 Å². The maximum atomic E-state index is 9.97. The van der Waals surface area contributed by atoms with E-state index in [0.29, 0.717) is 5.56 Å². The minimum atomic E-state index is -1.04. The summed E-state index contributed by atoms with van der Waals surface area (Å²) in [5, 5.41) is 47.3. The standard InChI is InChI=1S/C17H18O5/c18-10-17(22)14(12-4-8-15(20)16(21)9-12)7-3-11-1-5-13(19)6-2-11/h1-9,14,17-22H,10H2/t14-,17+/m0/s1. The van der Waals surface area contributed by atoms with Gasteiger partial charge in [0.05, 0.1) is 12.7 Å². The molecule has 0 bridgehead atoms. The second-order valence-corrected chi connectivity index (χ2v) is 4.97. The van der Waals surface area contributed by atoms with Crippen molar-refractivity contribution in [2.75, 3.05) is 6.61 Å². The van der Waals surface area contributed by atoms with Gasteiger partial charge < -0.3 is 25.5 Å². The Kier molecular flexibility index (Phi) is 5.04. The highest BCUT2D eigenvalue weighted by Crippen LogP contribution is 2.31. The molecular weight excluding hydrogens is 284 g/mol. The van der Waals surface area contributed by atoms with Crippen molar-refractivity contribution in [3.8, 4) is 17.2 Å². The van der Waals surface area contributed by atoms with Gasteiger partial charge in [0.2, 0.25) is 0 Å². The minimum absolute atomic E-state index is 0.160. The van der Waals surface area contributed by atoms with Gasteiger partial charge in [0.1, 0.15) is 5.75 Å². The average Bonchev–Trinajstić information content (AvgIpc) is 2.52. The fourth-order valence-corrected chi connectivity index (χ4v) is 2.12. The van der Waals surface area contributed by atoms with Crippen molar-refractivity contribution in [3.05, 3.63) is 59.7 Å². The van der Waals surface area contributed by atoms with Crippen LogP contribution in [-0.2, 0) is 0 Å². The van der Waals surface area contributed by atoms with Crippen LogP contribution in [0.1, 0.15) is 17.0 Å². The summed E-state index contributed by atoms with van der Waals surface area (Å²) in [6.07, 6.45) is 2.39. The normalized spacial score (nSPS) is 14.1. The van der Waals surface area contributed by atoms with Crippen LogP contribution in [0.5, 0.6) is 17.2 Å². The summed E-state index contributed by atoms with van der Waals surface area (Å²) in [4.78, 5) is 0. The fraction of sp³-hybridized carbons (Fsp3) is 0.176. The van der Waals surface area contributed by atoms with E-state index in [9.17, 15) is 25.5 Å². The van der Waals surface area contributed by atoms with Crippen molar-refractivity contribution >= 4 is 6.08 Å². The molecule has 0 unspecified atom stereocenters. The number of benzene rings is 2. The lowest BCUT2D eigenvalue weighted by Crippen LogP contribution is -2.20. The molecule has 0 heterocycles. The minimum Gasteiger partial charge on any atom is -0.508 e. The van der Waals surface area contributed by atoms with Gasteiger partial charge in [0.25, 0.3) is 0 Å². The molecule has 5 heteroatoms. The number of rotatable bonds is 5. The monoisotopic (exact) mass is 302 g/mol. The first kappa shape index (κ1) is 15.9. The molecule has 2 aromatic carbocycles. The van der Waals surface area contributed by atoms with Crippen molar-refractivity contribution in [1.29, 1.82) is 0 Å². The van der Waals surface area contributed by atoms with Gasteiger partial charge in [-0.05, 0) is 35.4 Å². The molecular formula is C17H18O5. The van der Waals surface area contributed by atoms with E-state index >= 15 is 0 Å². The first-order valence-electron chi connectivity index (χ1n) is 6.79. The zero-order valence-corrected chi connectivity index (χ0v) is 11.8. The molecule has 5 N–H and O–H groups in total. The molecule has 0 saturated carbocycles. The highest BCUT2D eigenvalue weighted by molar-refractivity contribution is 5.53. The van der Waals surface area contributed by atoms with Crippen LogP contribution < -0.4 is 0 Å². The van der Waals surface area contributed by atoms with Crippen LogP contribution in [0.25, 0.3) is 6.08 Å². The van der Waals surface area contributed by atoms with Gasteiger partial charge in [-0.25, -0.2) is 0 Å². The Bertz CT molecular complexity index is 649. The summed E-state index contributed by atoms with van der Waals surface area (Å²) < 4.78 is 0. The van der Waals surface area contributed by atoms with E-state index in [1.54, 1.807) is 42.5 Å². The van der Waals surface area contributed by atoms with E-state index in [0.717, 1.165) is 5.56 Å². The predicted octanol–water partition coefficient (Wildman–Crippen LogP) is 1.95. The third kappa shape index (κ3) is 3.78. The summed E-state index contributed by atoms with van der Waals surface area (Å²) in [5.74, 6) is -0.924. The quantitative estimate of drug-likeness (QED) is 0.543. The maximum absolute atomic E-state index is 9.97. The summed E-state index contributed by atoms with van der Waals surface area (Å²) in [6.45, 7) is -0.438. The Labute approximate surface area is 128 Å². The van der Waals surface area contributed by atoms with E-state index in [2.05, 4.69) is 0 Å². The SMILES string of the molecule is OC[C@@H](O)[C@@H](C=Cc1ccc(O)cc1)c1ccc(O)c(O)c1. The molecule has 0 spiro atoms. The van der Waals surface area contributed by atoms with E-state index in [1.165, 1.54) is 12.1 Å².